The van der Waals surface area contributed by atoms with E-state index in [1.54, 1.807) is 11.8 Å². The molecule has 2 aliphatic rings. The maximum absolute atomic E-state index is 14.2. The smallest absolute Gasteiger partial charge is 0.304 e. The van der Waals surface area contributed by atoms with E-state index in [-0.39, 0.29) is 24.7 Å². The number of aryl methyl sites for hydroxylation is 1. The van der Waals surface area contributed by atoms with Gasteiger partial charge >= 0.3 is 5.97 Å². The molecule has 0 saturated carbocycles. The van der Waals surface area contributed by atoms with Crippen LogP contribution < -0.4 is 26.6 Å². The molecule has 1 unspecified atom stereocenters. The molecule has 7 N–H and O–H groups in total. The number of aliphatic hydroxyl groups excluding tert-OH is 1. The minimum Gasteiger partial charge on any atom is -0.481 e. The number of carbonyl (C=O) groups is 7. The van der Waals surface area contributed by atoms with Gasteiger partial charge in [-0.1, -0.05) is 57.5 Å². The zero-order valence-electron chi connectivity index (χ0n) is 32.6. The van der Waals surface area contributed by atoms with Crippen molar-refractivity contribution in [3.63, 3.8) is 0 Å². The number of amides is 5. The lowest BCUT2D eigenvalue weighted by atomic mass is 9.90. The van der Waals surface area contributed by atoms with E-state index in [4.69, 9.17) is 0 Å². The van der Waals surface area contributed by atoms with Crippen LogP contribution in [-0.4, -0.2) is 112 Å². The van der Waals surface area contributed by atoms with Gasteiger partial charge in [0.1, 0.15) is 12.1 Å². The van der Waals surface area contributed by atoms with Gasteiger partial charge in [0.25, 0.3) is 0 Å². The van der Waals surface area contributed by atoms with Gasteiger partial charge in [-0.2, -0.15) is 0 Å². The first kappa shape index (κ1) is 44.0. The number of rotatable bonds is 10. The average molecular weight is 757 g/mol. The van der Waals surface area contributed by atoms with E-state index < -0.39 is 109 Å². The Labute approximate surface area is 318 Å². The van der Waals surface area contributed by atoms with Crippen LogP contribution in [0.25, 0.3) is 0 Å². The topological polar surface area (TPSA) is 223 Å². The van der Waals surface area contributed by atoms with Crippen LogP contribution in [0, 0.1) is 24.7 Å². The third-order valence-corrected chi connectivity index (χ3v) is 9.93. The summed E-state index contributed by atoms with van der Waals surface area (Å²) in [6, 6.07) is 1.38. The first-order valence-corrected chi connectivity index (χ1v) is 19.1. The standard InChI is InChI=1S/C39H60N6O9/c1-21(2)15-29-32(47)17-27(18-34(49)50)36(51)42-28(25(7)46)19-33(48)41-24(6)35(39(54)40-20-22(3)4)45-14-8-9-31(45)38(53)44-30(37(52)43-29)16-26-12-10-23(5)11-13-26/h10-13,21-22,24-25,27-31,35,46H,8-9,14-20H2,1-7H3,(H,40,54)(H,41,48)(H,42,51)(H,43,52)(H,44,53)(H,49,50)/t24-,25+,27-,28?,29-,30-,31-,35-/m0/s1. The second-order valence-electron chi connectivity index (χ2n) is 15.8. The van der Waals surface area contributed by atoms with Crippen molar-refractivity contribution in [1.29, 1.82) is 0 Å². The number of aliphatic carboxylic acids is 1. The number of hydrogen-bond donors (Lipinski definition) is 7. The van der Waals surface area contributed by atoms with E-state index in [1.165, 1.54) is 6.92 Å². The summed E-state index contributed by atoms with van der Waals surface area (Å²) in [7, 11) is 0. The molecule has 2 aliphatic heterocycles. The molecule has 0 aliphatic carbocycles. The van der Waals surface area contributed by atoms with Crippen LogP contribution in [0.4, 0.5) is 0 Å². The number of nitrogens with zero attached hydrogens (tertiary/aromatic N) is 1. The number of hydrogen-bond acceptors (Lipinski definition) is 9. The van der Waals surface area contributed by atoms with Gasteiger partial charge in [-0.05, 0) is 64.0 Å². The van der Waals surface area contributed by atoms with Crippen molar-refractivity contribution in [2.45, 2.75) is 136 Å². The van der Waals surface area contributed by atoms with E-state index in [2.05, 4.69) is 26.6 Å². The maximum Gasteiger partial charge on any atom is 0.304 e. The Morgan fingerprint density at radius 3 is 2.11 bits per heavy atom. The van der Waals surface area contributed by atoms with Crippen molar-refractivity contribution in [3.05, 3.63) is 35.4 Å². The van der Waals surface area contributed by atoms with Crippen LogP contribution in [0.5, 0.6) is 0 Å². The molecule has 54 heavy (non-hydrogen) atoms. The Morgan fingerprint density at radius 1 is 0.870 bits per heavy atom. The van der Waals surface area contributed by atoms with Gasteiger partial charge in [0.2, 0.25) is 29.5 Å². The lowest BCUT2D eigenvalue weighted by Crippen LogP contribution is -2.62. The quantitative estimate of drug-likeness (QED) is 0.179. The third-order valence-electron chi connectivity index (χ3n) is 9.93. The number of nitrogens with one attached hydrogen (secondary N) is 5. The minimum atomic E-state index is -1.38. The Bertz CT molecular complexity index is 1500. The first-order chi connectivity index (χ1) is 25.4. The molecule has 8 atom stereocenters. The number of aliphatic hydroxyl groups is 1. The molecule has 1 aromatic carbocycles. The van der Waals surface area contributed by atoms with Crippen molar-refractivity contribution in [2.24, 2.45) is 17.8 Å². The predicted octanol–water partition coefficient (Wildman–Crippen LogP) is 0.983. The Hall–Kier alpha value is -4.37. The number of fused-ring (bicyclic) bond motifs is 1. The highest BCUT2D eigenvalue weighted by Crippen LogP contribution is 2.24. The van der Waals surface area contributed by atoms with Crippen LogP contribution in [0.2, 0.25) is 0 Å². The van der Waals surface area contributed by atoms with Crippen LogP contribution in [-0.2, 0) is 40.0 Å². The number of ketones is 1. The summed E-state index contributed by atoms with van der Waals surface area (Å²) in [6.07, 6.45) is -1.71. The average Bonchev–Trinajstić information content (AvgIpc) is 3.55. The van der Waals surface area contributed by atoms with Crippen LogP contribution >= 0.6 is 0 Å². The minimum absolute atomic E-state index is 0.0860. The normalized spacial score (nSPS) is 27.4. The fraction of sp³-hybridized carbons (Fsp3) is 0.667. The Balaban J connectivity index is 2.12. The van der Waals surface area contributed by atoms with E-state index in [0.29, 0.717) is 25.9 Å². The Kier molecular flexibility index (Phi) is 16.6. The van der Waals surface area contributed by atoms with Crippen molar-refractivity contribution in [3.8, 4) is 0 Å². The zero-order chi connectivity index (χ0) is 40.3. The van der Waals surface area contributed by atoms with Crippen molar-refractivity contribution >= 4 is 41.3 Å². The first-order valence-electron chi connectivity index (χ1n) is 19.1. The predicted molar refractivity (Wildman–Crippen MR) is 201 cm³/mol. The summed E-state index contributed by atoms with van der Waals surface area (Å²) >= 11 is 0. The molecule has 5 amide bonds. The molecule has 0 aromatic heterocycles. The lowest BCUT2D eigenvalue weighted by molar-refractivity contribution is -0.143. The highest BCUT2D eigenvalue weighted by atomic mass is 16.4. The van der Waals surface area contributed by atoms with Gasteiger partial charge in [0.15, 0.2) is 5.78 Å². The summed E-state index contributed by atoms with van der Waals surface area (Å²) in [5, 5.41) is 34.3. The number of carboxylic acids is 1. The maximum atomic E-state index is 14.2. The molecule has 2 saturated heterocycles. The van der Waals surface area contributed by atoms with Crippen LogP contribution in [0.1, 0.15) is 91.2 Å². The number of carbonyl (C=O) groups excluding carboxylic acids is 6. The van der Waals surface area contributed by atoms with E-state index in [1.807, 2.05) is 58.9 Å². The van der Waals surface area contributed by atoms with E-state index >= 15 is 0 Å². The van der Waals surface area contributed by atoms with Crippen LogP contribution in [0.3, 0.4) is 0 Å². The molecule has 0 radical (unpaired) electrons. The molecule has 15 nitrogen and oxygen atoms in total. The van der Waals surface area contributed by atoms with E-state index in [9.17, 15) is 43.8 Å². The fourth-order valence-corrected chi connectivity index (χ4v) is 7.02. The molecule has 3 rings (SSSR count). The lowest BCUT2D eigenvalue weighted by Gasteiger charge is -2.36. The molecule has 2 heterocycles. The second kappa shape index (κ2) is 20.3. The molecule has 15 heteroatoms. The molecule has 0 spiro atoms. The molecule has 2 fully saturated rings. The van der Waals surface area contributed by atoms with Gasteiger partial charge in [0, 0.05) is 25.8 Å². The molecule has 0 bridgehead atoms. The van der Waals surface area contributed by atoms with E-state index in [0.717, 1.165) is 11.1 Å². The van der Waals surface area contributed by atoms with Crippen LogP contribution in [0.15, 0.2) is 24.3 Å². The highest BCUT2D eigenvalue weighted by molar-refractivity contribution is 5.96. The van der Waals surface area contributed by atoms with Gasteiger partial charge < -0.3 is 36.8 Å². The monoisotopic (exact) mass is 756 g/mol. The highest BCUT2D eigenvalue weighted by Gasteiger charge is 2.43. The van der Waals surface area contributed by atoms with Gasteiger partial charge in [-0.15, -0.1) is 0 Å². The molecule has 300 valence electrons. The summed E-state index contributed by atoms with van der Waals surface area (Å²) in [5.74, 6) is -6.25. The largest absolute Gasteiger partial charge is 0.481 e. The fourth-order valence-electron chi connectivity index (χ4n) is 7.02. The Morgan fingerprint density at radius 2 is 1.52 bits per heavy atom. The third kappa shape index (κ3) is 13.2. The molecule has 1 aromatic rings. The second-order valence-corrected chi connectivity index (χ2v) is 15.8. The summed E-state index contributed by atoms with van der Waals surface area (Å²) in [6.45, 7) is 13.2. The SMILES string of the molecule is Cc1ccc(C[C@@H]2NC(=O)[C@@H]3CCCN3[C@H](C(=O)NCC(C)C)[C@H](C)NC(=O)CC([C@@H](C)O)NC(=O)[C@H](CC(=O)O)CC(=O)[C@H](CC(C)C)NC2=O)cc1. The summed E-state index contributed by atoms with van der Waals surface area (Å²) < 4.78 is 0. The van der Waals surface area contributed by atoms with Gasteiger partial charge in [-0.3, -0.25) is 38.5 Å². The molecular formula is C39H60N6O9. The van der Waals surface area contributed by atoms with Crippen molar-refractivity contribution in [1.82, 2.24) is 31.5 Å². The van der Waals surface area contributed by atoms with Crippen molar-refractivity contribution < 1.29 is 43.8 Å². The number of Topliss-reactive ketones (excluding diaryl/α,β-unsaturated/α-hetero) is 1. The molecular weight excluding hydrogens is 696 g/mol. The number of benzene rings is 1. The van der Waals surface area contributed by atoms with Crippen molar-refractivity contribution in [2.75, 3.05) is 13.1 Å². The number of carboxylic acid groups (broad SMARTS) is 1. The zero-order valence-corrected chi connectivity index (χ0v) is 32.6. The van der Waals surface area contributed by atoms with Gasteiger partial charge in [0.05, 0.1) is 42.6 Å². The van der Waals surface area contributed by atoms with Gasteiger partial charge in [-0.25, -0.2) is 0 Å². The summed E-state index contributed by atoms with van der Waals surface area (Å²) in [4.78, 5) is 96.7. The summed E-state index contributed by atoms with van der Waals surface area (Å²) in [5.41, 5.74) is 1.75.